The van der Waals surface area contributed by atoms with E-state index in [1.54, 1.807) is 12.5 Å². The van der Waals surface area contributed by atoms with Gasteiger partial charge in [0.1, 0.15) is 0 Å². The summed E-state index contributed by atoms with van der Waals surface area (Å²) in [5.41, 5.74) is 4.48. The Labute approximate surface area is 206 Å². The number of hydrogen-bond acceptors (Lipinski definition) is 4. The van der Waals surface area contributed by atoms with Crippen LogP contribution in [0.3, 0.4) is 0 Å². The van der Waals surface area contributed by atoms with Crippen molar-refractivity contribution in [2.75, 3.05) is 38.0 Å². The third kappa shape index (κ3) is 5.85. The lowest BCUT2D eigenvalue weighted by molar-refractivity contribution is -0.116. The topological polar surface area (TPSA) is 53.4 Å². The zero-order valence-corrected chi connectivity index (χ0v) is 19.8. The molecule has 0 spiro atoms. The molecule has 178 valence electrons. The minimum atomic E-state index is 0.0502. The molecule has 0 radical (unpaired) electrons. The van der Waals surface area contributed by atoms with Crippen LogP contribution in [0.5, 0.6) is 0 Å². The Balaban J connectivity index is 1.12. The van der Waals surface area contributed by atoms with Gasteiger partial charge in [0.25, 0.3) is 0 Å². The average Bonchev–Trinajstić information content (AvgIpc) is 3.45. The zero-order valence-electron chi connectivity index (χ0n) is 19.8. The first-order valence-electron chi connectivity index (χ1n) is 12.2. The van der Waals surface area contributed by atoms with Crippen molar-refractivity contribution in [1.82, 2.24) is 19.4 Å². The molecule has 0 saturated carbocycles. The molecule has 6 nitrogen and oxygen atoms in total. The van der Waals surface area contributed by atoms with E-state index in [1.165, 1.54) is 11.1 Å². The van der Waals surface area contributed by atoms with Crippen molar-refractivity contribution < 1.29 is 4.79 Å². The molecule has 5 rings (SSSR count). The highest BCUT2D eigenvalue weighted by atomic mass is 16.1. The van der Waals surface area contributed by atoms with Gasteiger partial charge in [-0.3, -0.25) is 9.69 Å². The molecule has 6 heteroatoms. The first kappa shape index (κ1) is 23.0. The van der Waals surface area contributed by atoms with E-state index in [0.717, 1.165) is 44.1 Å². The molecule has 0 bridgehead atoms. The Morgan fingerprint density at radius 1 is 0.829 bits per heavy atom. The molecule has 1 amide bonds. The fraction of sp³-hybridized carbons (Fsp3) is 0.241. The Bertz CT molecular complexity index is 1150. The molecule has 3 aromatic carbocycles. The maximum Gasteiger partial charge on any atom is 0.225 e. The van der Waals surface area contributed by atoms with Crippen molar-refractivity contribution >= 4 is 11.6 Å². The van der Waals surface area contributed by atoms with E-state index in [4.69, 9.17) is 0 Å². The van der Waals surface area contributed by atoms with Crippen LogP contribution in [0.4, 0.5) is 5.69 Å². The Kier molecular flexibility index (Phi) is 7.32. The number of nitrogens with zero attached hydrogens (tertiary/aromatic N) is 4. The summed E-state index contributed by atoms with van der Waals surface area (Å²) in [6, 6.07) is 29.6. The second-order valence-electron chi connectivity index (χ2n) is 8.92. The summed E-state index contributed by atoms with van der Waals surface area (Å²) >= 11 is 0. The molecule has 1 aromatic heterocycles. The molecule has 35 heavy (non-hydrogen) atoms. The van der Waals surface area contributed by atoms with E-state index in [-0.39, 0.29) is 11.9 Å². The predicted octanol–water partition coefficient (Wildman–Crippen LogP) is 4.61. The Morgan fingerprint density at radius 3 is 2.03 bits per heavy atom. The minimum Gasteiger partial charge on any atom is -0.326 e. The van der Waals surface area contributed by atoms with Crippen LogP contribution in [0.25, 0.3) is 5.69 Å². The van der Waals surface area contributed by atoms with Crippen molar-refractivity contribution in [3.63, 3.8) is 0 Å². The standard InChI is InChI=1S/C29H31N5O/c35-28(31-26-11-13-27(14-12-26)34-18-16-30-23-34)15-17-32-19-21-33(22-20-32)29(24-7-3-1-4-8-24)25-9-5-2-6-10-25/h1-14,16,18,23,29H,15,17,19-22H2,(H,31,35). The minimum absolute atomic E-state index is 0.0502. The van der Waals surface area contributed by atoms with Crippen LogP contribution in [0, 0.1) is 0 Å². The van der Waals surface area contributed by atoms with Gasteiger partial charge in [0.15, 0.2) is 0 Å². The number of amides is 1. The lowest BCUT2D eigenvalue weighted by Gasteiger charge is -2.39. The third-order valence-electron chi connectivity index (χ3n) is 6.61. The van der Waals surface area contributed by atoms with Gasteiger partial charge < -0.3 is 14.8 Å². The van der Waals surface area contributed by atoms with Crippen LogP contribution >= 0.6 is 0 Å². The van der Waals surface area contributed by atoms with E-state index in [9.17, 15) is 4.79 Å². The fourth-order valence-corrected chi connectivity index (χ4v) is 4.74. The summed E-state index contributed by atoms with van der Waals surface area (Å²) in [5.74, 6) is 0.0502. The summed E-state index contributed by atoms with van der Waals surface area (Å²) in [4.78, 5) is 21.6. The van der Waals surface area contributed by atoms with E-state index < -0.39 is 0 Å². The monoisotopic (exact) mass is 465 g/mol. The molecule has 0 aliphatic carbocycles. The van der Waals surface area contributed by atoms with Gasteiger partial charge in [0.05, 0.1) is 12.4 Å². The summed E-state index contributed by atoms with van der Waals surface area (Å²) in [7, 11) is 0. The molecule has 1 aliphatic rings. The molecule has 1 aliphatic heterocycles. The number of imidazole rings is 1. The first-order valence-corrected chi connectivity index (χ1v) is 12.2. The van der Waals surface area contributed by atoms with Gasteiger partial charge in [-0.2, -0.15) is 0 Å². The number of carbonyl (C=O) groups excluding carboxylic acids is 1. The maximum atomic E-state index is 12.5. The van der Waals surface area contributed by atoms with Gasteiger partial charge in [-0.15, -0.1) is 0 Å². The van der Waals surface area contributed by atoms with Gasteiger partial charge in [-0.05, 0) is 35.4 Å². The van der Waals surface area contributed by atoms with Crippen LogP contribution in [0.15, 0.2) is 104 Å². The van der Waals surface area contributed by atoms with E-state index >= 15 is 0 Å². The number of piperazine rings is 1. The number of nitrogens with one attached hydrogen (secondary N) is 1. The summed E-state index contributed by atoms with van der Waals surface area (Å²) < 4.78 is 1.94. The van der Waals surface area contributed by atoms with Crippen molar-refractivity contribution in [3.05, 3.63) is 115 Å². The lowest BCUT2D eigenvalue weighted by Crippen LogP contribution is -2.48. The number of anilines is 1. The SMILES string of the molecule is O=C(CCN1CCN(C(c2ccccc2)c2ccccc2)CC1)Nc1ccc(-n2ccnc2)cc1. The van der Waals surface area contributed by atoms with Gasteiger partial charge in [0, 0.05) is 62.9 Å². The van der Waals surface area contributed by atoms with Crippen LogP contribution in [-0.2, 0) is 4.79 Å². The molecule has 0 unspecified atom stereocenters. The van der Waals surface area contributed by atoms with Crippen molar-refractivity contribution in [2.45, 2.75) is 12.5 Å². The Morgan fingerprint density at radius 2 is 1.46 bits per heavy atom. The van der Waals surface area contributed by atoms with E-state index in [2.05, 4.69) is 80.8 Å². The largest absolute Gasteiger partial charge is 0.326 e. The second-order valence-corrected chi connectivity index (χ2v) is 8.92. The Hall–Kier alpha value is -3.74. The highest BCUT2D eigenvalue weighted by molar-refractivity contribution is 5.90. The number of aromatic nitrogens is 2. The summed E-state index contributed by atoms with van der Waals surface area (Å²) in [5, 5.41) is 3.02. The predicted molar refractivity (Wildman–Crippen MR) is 140 cm³/mol. The third-order valence-corrected chi connectivity index (χ3v) is 6.61. The number of carbonyl (C=O) groups is 1. The molecule has 1 saturated heterocycles. The average molecular weight is 466 g/mol. The summed E-state index contributed by atoms with van der Waals surface area (Å²) in [6.07, 6.45) is 5.90. The molecule has 2 heterocycles. The van der Waals surface area contributed by atoms with Crippen LogP contribution in [0.1, 0.15) is 23.6 Å². The second kappa shape index (κ2) is 11.1. The van der Waals surface area contributed by atoms with Crippen molar-refractivity contribution in [2.24, 2.45) is 0 Å². The normalized spacial score (nSPS) is 14.8. The summed E-state index contributed by atoms with van der Waals surface area (Å²) in [6.45, 7) is 4.65. The molecule has 1 fully saturated rings. The van der Waals surface area contributed by atoms with Gasteiger partial charge in [0.2, 0.25) is 5.91 Å². The van der Waals surface area contributed by atoms with Crippen LogP contribution in [0.2, 0.25) is 0 Å². The van der Waals surface area contributed by atoms with Crippen molar-refractivity contribution in [1.29, 1.82) is 0 Å². The van der Waals surface area contributed by atoms with Gasteiger partial charge in [-0.1, -0.05) is 60.7 Å². The quantitative estimate of drug-likeness (QED) is 0.413. The van der Waals surface area contributed by atoms with Crippen molar-refractivity contribution in [3.8, 4) is 5.69 Å². The first-order chi connectivity index (χ1) is 17.3. The molecule has 4 aromatic rings. The zero-order chi connectivity index (χ0) is 23.9. The van der Waals surface area contributed by atoms with Crippen LogP contribution < -0.4 is 5.32 Å². The van der Waals surface area contributed by atoms with Gasteiger partial charge in [-0.25, -0.2) is 4.98 Å². The number of rotatable bonds is 8. The fourth-order valence-electron chi connectivity index (χ4n) is 4.74. The maximum absolute atomic E-state index is 12.5. The lowest BCUT2D eigenvalue weighted by atomic mass is 9.96. The smallest absolute Gasteiger partial charge is 0.225 e. The molecule has 1 N–H and O–H groups in total. The molecular formula is C29H31N5O. The van der Waals surface area contributed by atoms with E-state index in [1.807, 2.05) is 35.0 Å². The molecule has 0 atom stereocenters. The highest BCUT2D eigenvalue weighted by Gasteiger charge is 2.26. The van der Waals surface area contributed by atoms with Crippen LogP contribution in [-0.4, -0.2) is 58.0 Å². The number of benzene rings is 3. The number of hydrogen-bond donors (Lipinski definition) is 1. The van der Waals surface area contributed by atoms with E-state index in [0.29, 0.717) is 6.42 Å². The molecular weight excluding hydrogens is 434 g/mol. The van der Waals surface area contributed by atoms with Gasteiger partial charge >= 0.3 is 0 Å². The highest BCUT2D eigenvalue weighted by Crippen LogP contribution is 2.29.